The topological polar surface area (TPSA) is 9.23 Å². The van der Waals surface area contributed by atoms with Crippen molar-refractivity contribution in [3.63, 3.8) is 0 Å². The van der Waals surface area contributed by atoms with Crippen molar-refractivity contribution in [2.45, 2.75) is 59.2 Å². The van der Waals surface area contributed by atoms with Crippen molar-refractivity contribution in [1.82, 2.24) is 0 Å². The van der Waals surface area contributed by atoms with Gasteiger partial charge in [-0.25, -0.2) is 0 Å². The highest BCUT2D eigenvalue weighted by Gasteiger charge is 2.37. The van der Waals surface area contributed by atoms with Gasteiger partial charge in [-0.05, 0) is 37.4 Å². The van der Waals surface area contributed by atoms with Gasteiger partial charge in [0.25, 0.3) is 0 Å². The van der Waals surface area contributed by atoms with Gasteiger partial charge in [0.15, 0.2) is 8.32 Å². The maximum Gasteiger partial charge on any atom is 0.192 e. The van der Waals surface area contributed by atoms with Crippen molar-refractivity contribution in [2.75, 3.05) is 6.61 Å². The molecule has 0 spiro atoms. The molecule has 0 aromatic rings. The van der Waals surface area contributed by atoms with Crippen LogP contribution in [0, 0.1) is 5.92 Å². The Morgan fingerprint density at radius 2 is 1.88 bits per heavy atom. The number of hydrogen-bond acceptors (Lipinski definition) is 1. The molecule has 0 aromatic heterocycles. The molecule has 1 atom stereocenters. The smallest absolute Gasteiger partial charge is 0.192 e. The second kappa shape index (κ2) is 6.55. The van der Waals surface area contributed by atoms with E-state index in [4.69, 9.17) is 4.43 Å². The van der Waals surface area contributed by atoms with Gasteiger partial charge in [-0.15, -0.1) is 6.58 Å². The van der Waals surface area contributed by atoms with E-state index < -0.39 is 8.32 Å². The number of rotatable bonds is 6. The molecule has 0 rings (SSSR count). The SMILES string of the molecule is C=CC/C(C)=C\[C@H](C)CO[Si](C)(C)C(C)(C)C. The zero-order valence-corrected chi connectivity index (χ0v) is 13.8. The Morgan fingerprint density at radius 1 is 1.35 bits per heavy atom. The van der Waals surface area contributed by atoms with Crippen LogP contribution in [0.3, 0.4) is 0 Å². The minimum atomic E-state index is -1.59. The molecule has 0 aliphatic rings. The van der Waals surface area contributed by atoms with E-state index in [-0.39, 0.29) is 0 Å². The summed E-state index contributed by atoms with van der Waals surface area (Å²) in [7, 11) is -1.59. The largest absolute Gasteiger partial charge is 0.416 e. The molecule has 0 aromatic carbocycles. The Kier molecular flexibility index (Phi) is 6.42. The first kappa shape index (κ1) is 16.7. The Morgan fingerprint density at radius 3 is 2.29 bits per heavy atom. The van der Waals surface area contributed by atoms with Gasteiger partial charge in [-0.3, -0.25) is 0 Å². The molecule has 0 saturated heterocycles. The average molecular weight is 254 g/mol. The molecule has 100 valence electrons. The zero-order valence-electron chi connectivity index (χ0n) is 12.8. The molecule has 0 aliphatic heterocycles. The van der Waals surface area contributed by atoms with Gasteiger partial charge in [0, 0.05) is 6.61 Å². The highest BCUT2D eigenvalue weighted by Crippen LogP contribution is 2.36. The predicted octanol–water partition coefficient (Wildman–Crippen LogP) is 5.17. The highest BCUT2D eigenvalue weighted by atomic mass is 28.4. The summed E-state index contributed by atoms with van der Waals surface area (Å²) in [5, 5.41) is 0.298. The molecule has 0 amide bonds. The Labute approximate surface area is 109 Å². The van der Waals surface area contributed by atoms with Gasteiger partial charge in [-0.1, -0.05) is 45.4 Å². The van der Waals surface area contributed by atoms with Gasteiger partial charge in [0.1, 0.15) is 0 Å². The molecule has 1 nitrogen and oxygen atoms in total. The monoisotopic (exact) mass is 254 g/mol. The molecule has 0 fully saturated rings. The highest BCUT2D eigenvalue weighted by molar-refractivity contribution is 6.74. The van der Waals surface area contributed by atoms with Crippen LogP contribution in [-0.2, 0) is 4.43 Å². The predicted molar refractivity (Wildman–Crippen MR) is 80.9 cm³/mol. The van der Waals surface area contributed by atoms with Crippen molar-refractivity contribution in [1.29, 1.82) is 0 Å². The van der Waals surface area contributed by atoms with Crippen molar-refractivity contribution in [3.8, 4) is 0 Å². The van der Waals surface area contributed by atoms with Crippen LogP contribution in [0.25, 0.3) is 0 Å². The fourth-order valence-corrected chi connectivity index (χ4v) is 2.50. The normalized spacial score (nSPS) is 15.8. The van der Waals surface area contributed by atoms with Gasteiger partial charge < -0.3 is 4.43 Å². The standard InChI is InChI=1S/C15H30OSi/c1-9-10-13(2)11-14(3)12-16-17(7,8)15(4,5)6/h9,11,14H,1,10,12H2,2-8H3/b13-11-/t14-/m0/s1. The molecule has 0 heterocycles. The molecular weight excluding hydrogens is 224 g/mol. The molecule has 0 saturated carbocycles. The van der Waals surface area contributed by atoms with Gasteiger partial charge in [0.2, 0.25) is 0 Å². The second-order valence-corrected chi connectivity index (χ2v) is 11.4. The van der Waals surface area contributed by atoms with Gasteiger partial charge in [0.05, 0.1) is 0 Å². The average Bonchev–Trinajstić information content (AvgIpc) is 2.13. The van der Waals surface area contributed by atoms with E-state index in [1.165, 1.54) is 5.57 Å². The third-order valence-corrected chi connectivity index (χ3v) is 8.05. The van der Waals surface area contributed by atoms with Crippen molar-refractivity contribution in [2.24, 2.45) is 5.92 Å². The maximum absolute atomic E-state index is 6.20. The summed E-state index contributed by atoms with van der Waals surface area (Å²) in [5.41, 5.74) is 1.38. The van der Waals surface area contributed by atoms with E-state index in [0.717, 1.165) is 13.0 Å². The minimum absolute atomic E-state index is 0.298. The Hall–Kier alpha value is -0.343. The lowest BCUT2D eigenvalue weighted by Gasteiger charge is -2.36. The fourth-order valence-electron chi connectivity index (χ4n) is 1.39. The van der Waals surface area contributed by atoms with Crippen LogP contribution in [-0.4, -0.2) is 14.9 Å². The van der Waals surface area contributed by atoms with Gasteiger partial charge in [-0.2, -0.15) is 0 Å². The van der Waals surface area contributed by atoms with Crippen molar-refractivity contribution < 1.29 is 4.43 Å². The summed E-state index contributed by atoms with van der Waals surface area (Å²) < 4.78 is 6.20. The van der Waals surface area contributed by atoms with E-state index in [9.17, 15) is 0 Å². The lowest BCUT2D eigenvalue weighted by Crippen LogP contribution is -2.41. The molecule has 0 unspecified atom stereocenters. The summed E-state index contributed by atoms with van der Waals surface area (Å²) in [5.74, 6) is 0.490. The van der Waals surface area contributed by atoms with Crippen LogP contribution in [0.15, 0.2) is 24.3 Å². The van der Waals surface area contributed by atoms with E-state index in [2.05, 4.69) is 60.4 Å². The van der Waals surface area contributed by atoms with E-state index in [0.29, 0.717) is 11.0 Å². The third-order valence-electron chi connectivity index (χ3n) is 3.55. The van der Waals surface area contributed by atoms with Crippen LogP contribution in [0.5, 0.6) is 0 Å². The summed E-state index contributed by atoms with van der Waals surface area (Å²) in [4.78, 5) is 0. The summed E-state index contributed by atoms with van der Waals surface area (Å²) in [6.45, 7) is 20.4. The van der Waals surface area contributed by atoms with Crippen LogP contribution in [0.4, 0.5) is 0 Å². The summed E-state index contributed by atoms with van der Waals surface area (Å²) in [6.07, 6.45) is 5.23. The lowest BCUT2D eigenvalue weighted by atomic mass is 10.1. The van der Waals surface area contributed by atoms with E-state index >= 15 is 0 Å². The maximum atomic E-state index is 6.20. The summed E-state index contributed by atoms with van der Waals surface area (Å²) >= 11 is 0. The number of allylic oxidation sites excluding steroid dienone is 2. The molecule has 0 aliphatic carbocycles. The van der Waals surface area contributed by atoms with E-state index in [1.54, 1.807) is 0 Å². The second-order valence-electron chi connectivity index (χ2n) is 6.55. The van der Waals surface area contributed by atoms with Gasteiger partial charge >= 0.3 is 0 Å². The van der Waals surface area contributed by atoms with Crippen molar-refractivity contribution >= 4 is 8.32 Å². The van der Waals surface area contributed by atoms with Crippen LogP contribution in [0.1, 0.15) is 41.0 Å². The molecule has 0 bridgehead atoms. The molecule has 0 radical (unpaired) electrons. The number of hydrogen-bond donors (Lipinski definition) is 0. The molecule has 17 heavy (non-hydrogen) atoms. The fraction of sp³-hybridized carbons (Fsp3) is 0.733. The van der Waals surface area contributed by atoms with Crippen LogP contribution in [0.2, 0.25) is 18.1 Å². The summed E-state index contributed by atoms with van der Waals surface area (Å²) in [6, 6.07) is 0. The van der Waals surface area contributed by atoms with Crippen LogP contribution >= 0.6 is 0 Å². The zero-order chi connectivity index (χ0) is 13.7. The first-order chi connectivity index (χ1) is 7.60. The molecular formula is C15H30OSi. The Bertz CT molecular complexity index is 271. The minimum Gasteiger partial charge on any atom is -0.416 e. The van der Waals surface area contributed by atoms with Crippen molar-refractivity contribution in [3.05, 3.63) is 24.3 Å². The first-order valence-electron chi connectivity index (χ1n) is 6.52. The quantitative estimate of drug-likeness (QED) is 0.469. The Balaban J connectivity index is 4.30. The van der Waals surface area contributed by atoms with E-state index in [1.807, 2.05) is 6.08 Å². The lowest BCUT2D eigenvalue weighted by molar-refractivity contribution is 0.259. The third kappa shape index (κ3) is 6.23. The molecule has 2 heteroatoms. The van der Waals surface area contributed by atoms with Crippen LogP contribution < -0.4 is 0 Å². The molecule has 0 N–H and O–H groups in total. The first-order valence-corrected chi connectivity index (χ1v) is 9.43.